The minimum Gasteiger partial charge on any atom is -0.393 e. The van der Waals surface area contributed by atoms with Crippen LogP contribution in [0.4, 0.5) is 0 Å². The molecule has 0 saturated heterocycles. The Balaban J connectivity index is 1.63. The lowest BCUT2D eigenvalue weighted by Gasteiger charge is -2.43. The molecule has 0 aliphatic heterocycles. The van der Waals surface area contributed by atoms with E-state index < -0.39 is 0 Å². The summed E-state index contributed by atoms with van der Waals surface area (Å²) in [7, 11) is 0. The smallest absolute Gasteiger partial charge is 0.0584 e. The van der Waals surface area contributed by atoms with Crippen LogP contribution in [0.15, 0.2) is 0 Å². The summed E-state index contributed by atoms with van der Waals surface area (Å²) in [6.07, 6.45) is 8.78. The van der Waals surface area contributed by atoms with Gasteiger partial charge in [0.2, 0.25) is 0 Å². The Morgan fingerprint density at radius 2 is 1.70 bits per heavy atom. The molecule has 20 heavy (non-hydrogen) atoms. The Labute approximate surface area is 124 Å². The standard InChI is InChI=1S/C18H32O2/c1-12(20-15-7-5-14(19)6-8-15)16-11-13-9-10-18(16,4)17(13,2)3/h12-16,19H,5-11H2,1-4H3/t12?,13-,14?,15?,16+,18+/m0/s1. The maximum atomic E-state index is 9.61. The van der Waals surface area contributed by atoms with Crippen LogP contribution in [-0.4, -0.2) is 23.4 Å². The van der Waals surface area contributed by atoms with E-state index in [1.54, 1.807) is 0 Å². The van der Waals surface area contributed by atoms with E-state index in [2.05, 4.69) is 27.7 Å². The van der Waals surface area contributed by atoms with Gasteiger partial charge in [0, 0.05) is 0 Å². The van der Waals surface area contributed by atoms with E-state index in [1.165, 1.54) is 19.3 Å². The summed E-state index contributed by atoms with van der Waals surface area (Å²) in [6, 6.07) is 0. The fraction of sp³-hybridized carbons (Fsp3) is 1.00. The summed E-state index contributed by atoms with van der Waals surface area (Å²) in [5.74, 6) is 1.62. The Kier molecular flexibility index (Phi) is 3.70. The van der Waals surface area contributed by atoms with Crippen LogP contribution in [0.3, 0.4) is 0 Å². The molecule has 1 N–H and O–H groups in total. The monoisotopic (exact) mass is 280 g/mol. The highest BCUT2D eigenvalue weighted by molar-refractivity contribution is 5.11. The first-order valence-electron chi connectivity index (χ1n) is 8.68. The van der Waals surface area contributed by atoms with Gasteiger partial charge in [0.25, 0.3) is 0 Å². The number of fused-ring (bicyclic) bond motifs is 2. The normalized spacial score (nSPS) is 48.5. The molecule has 2 nitrogen and oxygen atoms in total. The van der Waals surface area contributed by atoms with E-state index in [-0.39, 0.29) is 6.10 Å². The number of aliphatic hydroxyl groups is 1. The van der Waals surface area contributed by atoms with E-state index in [0.29, 0.717) is 23.0 Å². The highest BCUT2D eigenvalue weighted by Crippen LogP contribution is 2.69. The number of ether oxygens (including phenoxy) is 1. The summed E-state index contributed by atoms with van der Waals surface area (Å²) in [5.41, 5.74) is 0.948. The van der Waals surface area contributed by atoms with Gasteiger partial charge < -0.3 is 9.84 Å². The van der Waals surface area contributed by atoms with Crippen LogP contribution in [0.1, 0.15) is 72.6 Å². The van der Waals surface area contributed by atoms with E-state index in [1.807, 2.05) is 0 Å². The Bertz CT molecular complexity index is 356. The second-order valence-corrected chi connectivity index (χ2v) is 8.49. The molecule has 3 rings (SSSR count). The molecule has 3 aliphatic rings. The van der Waals surface area contributed by atoms with Gasteiger partial charge in [0.15, 0.2) is 0 Å². The van der Waals surface area contributed by atoms with Crippen molar-refractivity contribution in [2.24, 2.45) is 22.7 Å². The summed E-state index contributed by atoms with van der Waals surface area (Å²) >= 11 is 0. The van der Waals surface area contributed by atoms with E-state index >= 15 is 0 Å². The van der Waals surface area contributed by atoms with E-state index in [4.69, 9.17) is 4.74 Å². The molecule has 0 aromatic carbocycles. The second kappa shape index (κ2) is 4.98. The lowest BCUT2D eigenvalue weighted by atomic mass is 9.65. The summed E-state index contributed by atoms with van der Waals surface area (Å²) in [6.45, 7) is 9.77. The van der Waals surface area contributed by atoms with Crippen molar-refractivity contribution in [3.05, 3.63) is 0 Å². The van der Waals surface area contributed by atoms with Crippen LogP contribution in [0.25, 0.3) is 0 Å². The fourth-order valence-corrected chi connectivity index (χ4v) is 5.56. The van der Waals surface area contributed by atoms with Gasteiger partial charge in [0.05, 0.1) is 18.3 Å². The third kappa shape index (κ3) is 2.14. The number of rotatable bonds is 3. The lowest BCUT2D eigenvalue weighted by molar-refractivity contribution is -0.0908. The van der Waals surface area contributed by atoms with Gasteiger partial charge >= 0.3 is 0 Å². The average molecular weight is 280 g/mol. The molecular weight excluding hydrogens is 248 g/mol. The van der Waals surface area contributed by atoms with Gasteiger partial charge in [-0.2, -0.15) is 0 Å². The highest BCUT2D eigenvalue weighted by atomic mass is 16.5. The van der Waals surface area contributed by atoms with Crippen molar-refractivity contribution in [1.29, 1.82) is 0 Å². The Morgan fingerprint density at radius 1 is 1.05 bits per heavy atom. The molecule has 3 aliphatic carbocycles. The van der Waals surface area contributed by atoms with Gasteiger partial charge in [-0.3, -0.25) is 0 Å². The minimum atomic E-state index is -0.0795. The Morgan fingerprint density at radius 3 is 2.20 bits per heavy atom. The van der Waals surface area contributed by atoms with Crippen molar-refractivity contribution in [2.75, 3.05) is 0 Å². The molecule has 0 amide bonds. The SMILES string of the molecule is CC(OC1CCC(O)CC1)[C@H]1C[C@@H]2CC[C@@]1(C)C2(C)C. The fourth-order valence-electron chi connectivity index (χ4n) is 5.56. The van der Waals surface area contributed by atoms with Crippen LogP contribution >= 0.6 is 0 Å². The van der Waals surface area contributed by atoms with Crippen molar-refractivity contribution in [3.8, 4) is 0 Å². The number of hydrogen-bond acceptors (Lipinski definition) is 2. The van der Waals surface area contributed by atoms with Crippen LogP contribution in [0.2, 0.25) is 0 Å². The van der Waals surface area contributed by atoms with Crippen LogP contribution in [0, 0.1) is 22.7 Å². The molecule has 0 spiro atoms. The first kappa shape index (κ1) is 14.8. The molecule has 2 heteroatoms. The molecule has 1 unspecified atom stereocenters. The average Bonchev–Trinajstić information content (AvgIpc) is 2.74. The highest BCUT2D eigenvalue weighted by Gasteiger charge is 2.62. The van der Waals surface area contributed by atoms with Gasteiger partial charge in [-0.1, -0.05) is 20.8 Å². The topological polar surface area (TPSA) is 29.5 Å². The van der Waals surface area contributed by atoms with E-state index in [9.17, 15) is 5.11 Å². The van der Waals surface area contributed by atoms with Crippen LogP contribution in [-0.2, 0) is 4.74 Å². The Hall–Kier alpha value is -0.0800. The van der Waals surface area contributed by atoms with Gasteiger partial charge in [0.1, 0.15) is 0 Å². The van der Waals surface area contributed by atoms with Gasteiger partial charge in [-0.25, -0.2) is 0 Å². The summed E-state index contributed by atoms with van der Waals surface area (Å²) in [5, 5.41) is 9.61. The zero-order valence-corrected chi connectivity index (χ0v) is 13.7. The maximum absolute atomic E-state index is 9.61. The molecule has 0 aromatic rings. The summed E-state index contributed by atoms with van der Waals surface area (Å²) < 4.78 is 6.42. The third-order valence-corrected chi connectivity index (χ3v) is 7.48. The minimum absolute atomic E-state index is 0.0795. The van der Waals surface area contributed by atoms with Crippen molar-refractivity contribution in [1.82, 2.24) is 0 Å². The zero-order valence-electron chi connectivity index (χ0n) is 13.7. The largest absolute Gasteiger partial charge is 0.393 e. The first-order valence-corrected chi connectivity index (χ1v) is 8.68. The number of hydrogen-bond donors (Lipinski definition) is 1. The first-order chi connectivity index (χ1) is 9.34. The lowest BCUT2D eigenvalue weighted by Crippen LogP contribution is -2.40. The predicted molar refractivity (Wildman–Crippen MR) is 81.5 cm³/mol. The predicted octanol–water partition coefficient (Wildman–Crippen LogP) is 4.16. The molecular formula is C18H32O2. The molecule has 116 valence electrons. The second-order valence-electron chi connectivity index (χ2n) is 8.49. The molecule has 2 bridgehead atoms. The molecule has 4 atom stereocenters. The van der Waals surface area contributed by atoms with Gasteiger partial charge in [-0.05, 0) is 74.5 Å². The van der Waals surface area contributed by atoms with Crippen molar-refractivity contribution < 1.29 is 9.84 Å². The van der Waals surface area contributed by atoms with Gasteiger partial charge in [-0.15, -0.1) is 0 Å². The maximum Gasteiger partial charge on any atom is 0.0584 e. The quantitative estimate of drug-likeness (QED) is 0.841. The van der Waals surface area contributed by atoms with Crippen molar-refractivity contribution in [3.63, 3.8) is 0 Å². The van der Waals surface area contributed by atoms with Crippen LogP contribution < -0.4 is 0 Å². The third-order valence-electron chi connectivity index (χ3n) is 7.48. The zero-order chi connectivity index (χ0) is 14.5. The molecule has 3 fully saturated rings. The molecule has 0 radical (unpaired) electrons. The molecule has 0 heterocycles. The molecule has 0 aromatic heterocycles. The summed E-state index contributed by atoms with van der Waals surface area (Å²) in [4.78, 5) is 0. The van der Waals surface area contributed by atoms with Crippen molar-refractivity contribution >= 4 is 0 Å². The van der Waals surface area contributed by atoms with Crippen molar-refractivity contribution in [2.45, 2.75) is 91.0 Å². The van der Waals surface area contributed by atoms with E-state index in [0.717, 1.165) is 37.5 Å². The number of aliphatic hydroxyl groups excluding tert-OH is 1. The van der Waals surface area contributed by atoms with Crippen LogP contribution in [0.5, 0.6) is 0 Å². The molecule has 3 saturated carbocycles.